The number of nitrogens with one attached hydrogen (secondary N) is 1. The summed E-state index contributed by atoms with van der Waals surface area (Å²) in [5.74, 6) is 2.25. The van der Waals surface area contributed by atoms with E-state index in [-0.39, 0.29) is 6.03 Å². The number of anilines is 1. The van der Waals surface area contributed by atoms with Crippen molar-refractivity contribution in [3.05, 3.63) is 24.3 Å². The Morgan fingerprint density at radius 2 is 2.33 bits per heavy atom. The van der Waals surface area contributed by atoms with Gasteiger partial charge in [0.1, 0.15) is 0 Å². The maximum Gasteiger partial charge on any atom is 0.321 e. The molecule has 2 amide bonds. The molecule has 2 heterocycles. The molecule has 3 rings (SSSR count). The molecule has 128 valence electrons. The van der Waals surface area contributed by atoms with Gasteiger partial charge in [-0.15, -0.1) is 10.2 Å². The molecule has 1 N–H and O–H groups in total. The van der Waals surface area contributed by atoms with Gasteiger partial charge in [0.05, 0.1) is 7.05 Å². The van der Waals surface area contributed by atoms with Gasteiger partial charge in [0.25, 0.3) is 0 Å². The molecule has 0 bridgehead atoms. The standard InChI is InChI=1S/C16H22N6OS/c1-21-19-15(18-20-21)13-6-3-7-14(9-13)17-16(23)22-8-4-5-12(10-22)11-24-2/h3,6-7,9,12H,4-5,8,10-11H2,1-2H3,(H,17,23). The number of nitrogens with zero attached hydrogens (tertiary/aromatic N) is 5. The minimum atomic E-state index is -0.0370. The van der Waals surface area contributed by atoms with E-state index in [1.54, 1.807) is 7.05 Å². The third kappa shape index (κ3) is 4.05. The number of benzene rings is 1. The monoisotopic (exact) mass is 346 g/mol. The molecule has 1 aliphatic heterocycles. The predicted octanol–water partition coefficient (Wildman–Crippen LogP) is 2.48. The molecule has 2 aromatic rings. The molecule has 1 fully saturated rings. The first-order valence-corrected chi connectivity index (χ1v) is 9.44. The lowest BCUT2D eigenvalue weighted by Gasteiger charge is -2.32. The predicted molar refractivity (Wildman–Crippen MR) is 95.9 cm³/mol. The number of likely N-dealkylation sites (tertiary alicyclic amines) is 1. The number of piperidine rings is 1. The SMILES string of the molecule is CSCC1CCCN(C(=O)Nc2cccc(-c3nnn(C)n3)c2)C1. The van der Waals surface area contributed by atoms with Crippen LogP contribution in [-0.2, 0) is 7.05 Å². The second-order valence-electron chi connectivity index (χ2n) is 6.02. The minimum absolute atomic E-state index is 0.0370. The lowest BCUT2D eigenvalue weighted by molar-refractivity contribution is 0.183. The molecule has 1 unspecified atom stereocenters. The van der Waals surface area contributed by atoms with Crippen molar-refractivity contribution in [2.75, 3.05) is 30.4 Å². The number of hydrogen-bond donors (Lipinski definition) is 1. The first-order valence-electron chi connectivity index (χ1n) is 8.05. The summed E-state index contributed by atoms with van der Waals surface area (Å²) in [5, 5.41) is 15.0. The van der Waals surface area contributed by atoms with Crippen LogP contribution in [-0.4, -0.2) is 56.2 Å². The highest BCUT2D eigenvalue weighted by atomic mass is 32.2. The molecule has 1 aromatic heterocycles. The van der Waals surface area contributed by atoms with E-state index in [2.05, 4.69) is 27.0 Å². The van der Waals surface area contributed by atoms with E-state index in [0.717, 1.165) is 36.5 Å². The lowest BCUT2D eigenvalue weighted by atomic mass is 10.0. The number of aryl methyl sites for hydroxylation is 1. The number of thioether (sulfide) groups is 1. The van der Waals surface area contributed by atoms with Crippen LogP contribution in [0.1, 0.15) is 12.8 Å². The third-order valence-corrected chi connectivity index (χ3v) is 4.89. The molecule has 1 atom stereocenters. The molecule has 7 nitrogen and oxygen atoms in total. The number of tetrazole rings is 1. The molecule has 0 saturated carbocycles. The summed E-state index contributed by atoms with van der Waals surface area (Å²) in [4.78, 5) is 15.9. The van der Waals surface area contributed by atoms with E-state index in [1.807, 2.05) is 40.9 Å². The van der Waals surface area contributed by atoms with Crippen molar-refractivity contribution in [1.29, 1.82) is 0 Å². The second kappa shape index (κ2) is 7.65. The van der Waals surface area contributed by atoms with Gasteiger partial charge in [-0.05, 0) is 48.1 Å². The van der Waals surface area contributed by atoms with Crippen molar-refractivity contribution in [2.45, 2.75) is 12.8 Å². The number of rotatable bonds is 4. The maximum atomic E-state index is 12.5. The van der Waals surface area contributed by atoms with Crippen molar-refractivity contribution >= 4 is 23.5 Å². The molecule has 8 heteroatoms. The van der Waals surface area contributed by atoms with E-state index in [1.165, 1.54) is 11.2 Å². The Labute approximate surface area is 145 Å². The zero-order valence-corrected chi connectivity index (χ0v) is 14.8. The summed E-state index contributed by atoms with van der Waals surface area (Å²) >= 11 is 1.85. The van der Waals surface area contributed by atoms with Gasteiger partial charge >= 0.3 is 6.03 Å². The first kappa shape index (κ1) is 16.8. The first-order chi connectivity index (χ1) is 11.7. The summed E-state index contributed by atoms with van der Waals surface area (Å²) in [6.45, 7) is 1.65. The zero-order valence-electron chi connectivity index (χ0n) is 14.0. The fourth-order valence-corrected chi connectivity index (χ4v) is 3.70. The second-order valence-corrected chi connectivity index (χ2v) is 6.93. The molecule has 1 aliphatic rings. The van der Waals surface area contributed by atoms with E-state index in [9.17, 15) is 4.79 Å². The van der Waals surface area contributed by atoms with E-state index < -0.39 is 0 Å². The third-order valence-electron chi connectivity index (χ3n) is 4.09. The average molecular weight is 346 g/mol. The van der Waals surface area contributed by atoms with Crippen LogP contribution in [0.15, 0.2) is 24.3 Å². The fraction of sp³-hybridized carbons (Fsp3) is 0.500. The van der Waals surface area contributed by atoms with Crippen molar-refractivity contribution < 1.29 is 4.79 Å². The average Bonchev–Trinajstić information content (AvgIpc) is 3.02. The number of carbonyl (C=O) groups excluding carboxylic acids is 1. The number of aromatic nitrogens is 4. The Morgan fingerprint density at radius 1 is 1.46 bits per heavy atom. The maximum absolute atomic E-state index is 12.5. The van der Waals surface area contributed by atoms with Crippen LogP contribution in [0.5, 0.6) is 0 Å². The Balaban J connectivity index is 1.66. The quantitative estimate of drug-likeness (QED) is 0.920. The van der Waals surface area contributed by atoms with Crippen LogP contribution in [0.3, 0.4) is 0 Å². The largest absolute Gasteiger partial charge is 0.324 e. The molecule has 0 radical (unpaired) electrons. The number of urea groups is 1. The van der Waals surface area contributed by atoms with Crippen LogP contribution >= 0.6 is 11.8 Å². The van der Waals surface area contributed by atoms with Gasteiger partial charge < -0.3 is 10.2 Å². The van der Waals surface area contributed by atoms with Gasteiger partial charge in [0.2, 0.25) is 5.82 Å². The Morgan fingerprint density at radius 3 is 3.08 bits per heavy atom. The van der Waals surface area contributed by atoms with Crippen molar-refractivity contribution in [3.8, 4) is 11.4 Å². The van der Waals surface area contributed by atoms with Crippen molar-refractivity contribution in [2.24, 2.45) is 13.0 Å². The Bertz CT molecular complexity index is 701. The van der Waals surface area contributed by atoms with Gasteiger partial charge in [-0.25, -0.2) is 4.79 Å². The normalized spacial score (nSPS) is 17.8. The molecular weight excluding hydrogens is 324 g/mol. The van der Waals surface area contributed by atoms with E-state index in [4.69, 9.17) is 0 Å². The molecular formula is C16H22N6OS. The summed E-state index contributed by atoms with van der Waals surface area (Å²) in [6.07, 6.45) is 4.39. The van der Waals surface area contributed by atoms with Gasteiger partial charge in [-0.3, -0.25) is 0 Å². The highest BCUT2D eigenvalue weighted by Crippen LogP contribution is 2.22. The smallest absolute Gasteiger partial charge is 0.321 e. The summed E-state index contributed by atoms with van der Waals surface area (Å²) in [6, 6.07) is 7.50. The van der Waals surface area contributed by atoms with Crippen molar-refractivity contribution in [1.82, 2.24) is 25.1 Å². The molecule has 0 spiro atoms. The number of amides is 2. The highest BCUT2D eigenvalue weighted by Gasteiger charge is 2.23. The van der Waals surface area contributed by atoms with Crippen LogP contribution in [0.2, 0.25) is 0 Å². The number of hydrogen-bond acceptors (Lipinski definition) is 5. The molecule has 1 saturated heterocycles. The Hall–Kier alpha value is -2.09. The summed E-state index contributed by atoms with van der Waals surface area (Å²) < 4.78 is 0. The van der Waals surface area contributed by atoms with Gasteiger partial charge in [0.15, 0.2) is 0 Å². The summed E-state index contributed by atoms with van der Waals surface area (Å²) in [7, 11) is 1.73. The Kier molecular flexibility index (Phi) is 5.34. The van der Waals surface area contributed by atoms with Gasteiger partial charge in [0, 0.05) is 24.3 Å². The van der Waals surface area contributed by atoms with Crippen LogP contribution in [0.4, 0.5) is 10.5 Å². The van der Waals surface area contributed by atoms with Crippen LogP contribution < -0.4 is 5.32 Å². The van der Waals surface area contributed by atoms with Crippen LogP contribution in [0, 0.1) is 5.92 Å². The van der Waals surface area contributed by atoms with Gasteiger partial charge in [-0.1, -0.05) is 12.1 Å². The highest BCUT2D eigenvalue weighted by molar-refractivity contribution is 7.98. The van der Waals surface area contributed by atoms with E-state index >= 15 is 0 Å². The van der Waals surface area contributed by atoms with Crippen LogP contribution in [0.25, 0.3) is 11.4 Å². The van der Waals surface area contributed by atoms with Gasteiger partial charge in [-0.2, -0.15) is 16.6 Å². The minimum Gasteiger partial charge on any atom is -0.324 e. The number of carbonyl (C=O) groups is 1. The topological polar surface area (TPSA) is 75.9 Å². The summed E-state index contributed by atoms with van der Waals surface area (Å²) in [5.41, 5.74) is 1.58. The molecule has 1 aromatic carbocycles. The van der Waals surface area contributed by atoms with Crippen molar-refractivity contribution in [3.63, 3.8) is 0 Å². The zero-order chi connectivity index (χ0) is 16.9. The van der Waals surface area contributed by atoms with E-state index in [0.29, 0.717) is 11.7 Å². The lowest BCUT2D eigenvalue weighted by Crippen LogP contribution is -2.42. The fourth-order valence-electron chi connectivity index (χ4n) is 2.96. The molecule has 0 aliphatic carbocycles. The molecule has 24 heavy (non-hydrogen) atoms.